The van der Waals surface area contributed by atoms with Gasteiger partial charge in [0, 0.05) is 6.54 Å². The van der Waals surface area contributed by atoms with Gasteiger partial charge >= 0.3 is 0 Å². The number of hydrogen-bond acceptors (Lipinski definition) is 5. The van der Waals surface area contributed by atoms with Crippen molar-refractivity contribution in [2.24, 2.45) is 0 Å². The van der Waals surface area contributed by atoms with E-state index in [0.717, 1.165) is 16.9 Å². The van der Waals surface area contributed by atoms with Gasteiger partial charge in [0.05, 0.1) is 12.3 Å². The fraction of sp³-hybridized carbons (Fsp3) is 0.316. The van der Waals surface area contributed by atoms with Crippen LogP contribution in [0, 0.1) is 5.82 Å². The minimum absolute atomic E-state index is 0.120. The van der Waals surface area contributed by atoms with Gasteiger partial charge in [0.25, 0.3) is 10.1 Å². The molecule has 0 heterocycles. The van der Waals surface area contributed by atoms with Gasteiger partial charge in [-0.05, 0) is 49.2 Å². The van der Waals surface area contributed by atoms with Crippen LogP contribution >= 0.6 is 0 Å². The molecule has 27 heavy (non-hydrogen) atoms. The zero-order chi connectivity index (χ0) is 20.4. The van der Waals surface area contributed by atoms with Gasteiger partial charge in [0.1, 0.15) is 24.0 Å². The molecule has 0 saturated heterocycles. The van der Waals surface area contributed by atoms with Crippen molar-refractivity contribution >= 4 is 15.9 Å². The monoisotopic (exact) mass is 397 g/mol. The van der Waals surface area contributed by atoms with Gasteiger partial charge in [-0.25, -0.2) is 4.39 Å². The first-order valence-electron chi connectivity index (χ1n) is 8.17. The van der Waals surface area contributed by atoms with Gasteiger partial charge in [0.2, 0.25) is 0 Å². The first-order valence-corrected chi connectivity index (χ1v) is 10.0. The predicted molar refractivity (Wildman–Crippen MR) is 102 cm³/mol. The van der Waals surface area contributed by atoms with Gasteiger partial charge in [0.15, 0.2) is 0 Å². The van der Waals surface area contributed by atoms with E-state index in [0.29, 0.717) is 19.4 Å². The maximum absolute atomic E-state index is 13.1. The summed E-state index contributed by atoms with van der Waals surface area (Å²) in [5.41, 5.74) is 1.87. The molecule has 2 rings (SSSR count). The van der Waals surface area contributed by atoms with Gasteiger partial charge in [-0.15, -0.1) is 0 Å². The van der Waals surface area contributed by atoms with Gasteiger partial charge in [-0.3, -0.25) is 9.35 Å². The molecule has 0 aliphatic carbocycles. The number of Topliss-reactive ketones (excluding diaryl/α,β-unsaturated/α-hetero) is 1. The molecular weight excluding hydrogens is 373 g/mol. The fourth-order valence-electron chi connectivity index (χ4n) is 1.91. The summed E-state index contributed by atoms with van der Waals surface area (Å²) < 4.78 is 44.6. The minimum atomic E-state index is -3.67. The summed E-state index contributed by atoms with van der Waals surface area (Å²) in [6.45, 7) is 4.38. The molecule has 0 bridgehead atoms. The molecule has 1 atom stereocenters. The zero-order valence-corrected chi connectivity index (χ0v) is 16.3. The van der Waals surface area contributed by atoms with Crippen LogP contribution in [0.4, 0.5) is 4.39 Å². The molecule has 0 aromatic heterocycles. The van der Waals surface area contributed by atoms with Gasteiger partial charge in [-0.2, -0.15) is 8.42 Å². The Bertz CT molecular complexity index is 829. The van der Waals surface area contributed by atoms with E-state index < -0.39 is 10.1 Å². The summed E-state index contributed by atoms with van der Waals surface area (Å²) in [4.78, 5) is 11.2. The summed E-state index contributed by atoms with van der Waals surface area (Å²) in [5.74, 6) is 0.588. The molecule has 0 radical (unpaired) electrons. The van der Waals surface area contributed by atoms with E-state index in [1.807, 2.05) is 37.3 Å². The van der Waals surface area contributed by atoms with E-state index in [1.54, 1.807) is 13.0 Å². The molecule has 2 aromatic rings. The normalized spacial score (nSPS) is 11.9. The number of ether oxygens (including phenoxy) is 1. The van der Waals surface area contributed by atoms with Crippen LogP contribution in [0.1, 0.15) is 25.0 Å². The maximum atomic E-state index is 13.1. The smallest absolute Gasteiger partial charge is 0.261 e. The van der Waals surface area contributed by atoms with Crippen LogP contribution in [0.25, 0.3) is 0 Å². The second-order valence-electron chi connectivity index (χ2n) is 6.01. The molecule has 148 valence electrons. The number of nitrogens with one attached hydrogen (secondary N) is 1. The lowest BCUT2D eigenvalue weighted by atomic mass is 10.2. The Morgan fingerprint density at radius 1 is 1.19 bits per heavy atom. The number of rotatable bonds is 7. The Hall–Kier alpha value is -2.29. The summed E-state index contributed by atoms with van der Waals surface area (Å²) in [5, 5.41) is 3.15. The van der Waals surface area contributed by atoms with Crippen LogP contribution in [-0.2, 0) is 28.1 Å². The highest BCUT2D eigenvalue weighted by molar-refractivity contribution is 7.85. The lowest BCUT2D eigenvalue weighted by Crippen LogP contribution is -2.31. The second kappa shape index (κ2) is 10.8. The highest BCUT2D eigenvalue weighted by atomic mass is 32.2. The first-order chi connectivity index (χ1) is 12.5. The summed E-state index contributed by atoms with van der Waals surface area (Å²) in [7, 11) is -3.67. The third-order valence-electron chi connectivity index (χ3n) is 3.44. The van der Waals surface area contributed by atoms with Gasteiger partial charge < -0.3 is 10.1 Å². The molecule has 0 aliphatic rings. The standard InChI is InChI=1S/C18H20FNO2.CH4O3S/c1-13(14(2)21)20-11-15-6-8-18(9-7-15)22-12-16-4-3-5-17(19)10-16;1-5(2,3)4/h3-10,13,20H,11-12H2,1-2H3;1H3,(H,2,3,4)/t13-;/m0./s1. The van der Waals surface area contributed by atoms with E-state index in [-0.39, 0.29) is 17.6 Å². The molecule has 0 aliphatic heterocycles. The van der Waals surface area contributed by atoms with Crippen molar-refractivity contribution in [3.63, 3.8) is 0 Å². The van der Waals surface area contributed by atoms with Crippen LogP contribution in [0.5, 0.6) is 5.75 Å². The largest absolute Gasteiger partial charge is 0.489 e. The van der Waals surface area contributed by atoms with Crippen LogP contribution in [0.15, 0.2) is 48.5 Å². The van der Waals surface area contributed by atoms with Crippen molar-refractivity contribution in [1.82, 2.24) is 5.32 Å². The lowest BCUT2D eigenvalue weighted by molar-refractivity contribution is -0.118. The number of benzene rings is 2. The Morgan fingerprint density at radius 3 is 2.30 bits per heavy atom. The quantitative estimate of drug-likeness (QED) is 0.698. The molecule has 0 unspecified atom stereocenters. The van der Waals surface area contributed by atoms with Crippen molar-refractivity contribution in [2.45, 2.75) is 33.0 Å². The topological polar surface area (TPSA) is 92.7 Å². The van der Waals surface area contributed by atoms with E-state index >= 15 is 0 Å². The molecule has 0 saturated carbocycles. The zero-order valence-electron chi connectivity index (χ0n) is 15.5. The minimum Gasteiger partial charge on any atom is -0.489 e. The maximum Gasteiger partial charge on any atom is 0.261 e. The van der Waals surface area contributed by atoms with Crippen LogP contribution in [0.3, 0.4) is 0 Å². The van der Waals surface area contributed by atoms with Gasteiger partial charge in [-0.1, -0.05) is 24.3 Å². The molecule has 0 spiro atoms. The van der Waals surface area contributed by atoms with Crippen LogP contribution in [0.2, 0.25) is 0 Å². The molecular formula is C19H24FNO5S. The average Bonchev–Trinajstić information content (AvgIpc) is 2.57. The predicted octanol–water partition coefficient (Wildman–Crippen LogP) is 2.98. The average molecular weight is 397 g/mol. The summed E-state index contributed by atoms with van der Waals surface area (Å²) in [6, 6.07) is 13.8. The second-order valence-corrected chi connectivity index (χ2v) is 7.47. The van der Waals surface area contributed by atoms with Crippen molar-refractivity contribution in [1.29, 1.82) is 0 Å². The van der Waals surface area contributed by atoms with Crippen molar-refractivity contribution in [2.75, 3.05) is 6.26 Å². The molecule has 0 amide bonds. The van der Waals surface area contributed by atoms with Crippen molar-refractivity contribution in [3.05, 3.63) is 65.5 Å². The van der Waals surface area contributed by atoms with Crippen molar-refractivity contribution < 1.29 is 26.9 Å². The summed E-state index contributed by atoms with van der Waals surface area (Å²) >= 11 is 0. The fourth-order valence-corrected chi connectivity index (χ4v) is 1.91. The van der Waals surface area contributed by atoms with Crippen molar-refractivity contribution in [3.8, 4) is 5.75 Å². The highest BCUT2D eigenvalue weighted by Crippen LogP contribution is 2.15. The SMILES string of the molecule is CC(=O)[C@H](C)NCc1ccc(OCc2cccc(F)c2)cc1.CS(=O)(=O)O. The Morgan fingerprint density at radius 2 is 1.78 bits per heavy atom. The lowest BCUT2D eigenvalue weighted by Gasteiger charge is -2.11. The van der Waals surface area contributed by atoms with E-state index in [2.05, 4.69) is 5.32 Å². The molecule has 6 nitrogen and oxygen atoms in total. The number of halogens is 1. The molecule has 8 heteroatoms. The molecule has 0 fully saturated rings. The van der Waals surface area contributed by atoms with Crippen LogP contribution < -0.4 is 10.1 Å². The highest BCUT2D eigenvalue weighted by Gasteiger charge is 2.06. The molecule has 2 aromatic carbocycles. The van der Waals surface area contributed by atoms with E-state index in [1.165, 1.54) is 12.1 Å². The Labute approximate surface area is 159 Å². The Kier molecular flexibility index (Phi) is 9.07. The third kappa shape index (κ3) is 11.1. The van der Waals surface area contributed by atoms with Crippen LogP contribution in [-0.4, -0.2) is 31.1 Å². The number of carbonyl (C=O) groups excluding carboxylic acids is 1. The number of carbonyl (C=O) groups is 1. The Balaban J connectivity index is 0.000000646. The molecule has 2 N–H and O–H groups in total. The number of hydrogen-bond donors (Lipinski definition) is 2. The van der Waals surface area contributed by atoms with E-state index in [9.17, 15) is 17.6 Å². The third-order valence-corrected chi connectivity index (χ3v) is 3.44. The van der Waals surface area contributed by atoms with E-state index in [4.69, 9.17) is 9.29 Å². The first kappa shape index (κ1) is 22.8. The summed E-state index contributed by atoms with van der Waals surface area (Å²) in [6.07, 6.45) is 0.715. The number of ketones is 1.